The third-order valence-electron chi connectivity index (χ3n) is 3.53. The molecular weight excluding hydrogens is 184 g/mol. The lowest BCUT2D eigenvalue weighted by atomic mass is 9.91. The van der Waals surface area contributed by atoms with Gasteiger partial charge in [0.25, 0.3) is 0 Å². The molecule has 0 saturated carbocycles. The quantitative estimate of drug-likeness (QED) is 0.698. The van der Waals surface area contributed by atoms with Crippen molar-refractivity contribution in [1.29, 1.82) is 0 Å². The molecule has 0 amide bonds. The van der Waals surface area contributed by atoms with Crippen molar-refractivity contribution in [2.75, 3.05) is 26.7 Å². The Bertz CT molecular complexity index is 162. The van der Waals surface area contributed by atoms with E-state index in [1.54, 1.807) is 0 Å². The fourth-order valence-electron chi connectivity index (χ4n) is 2.80. The average molecular weight is 212 g/mol. The van der Waals surface area contributed by atoms with Gasteiger partial charge in [0.15, 0.2) is 0 Å². The molecule has 15 heavy (non-hydrogen) atoms. The normalized spacial score (nSPS) is 26.4. The Hall–Kier alpha value is -0.0800. The van der Waals surface area contributed by atoms with Crippen molar-refractivity contribution < 1.29 is 0 Å². The van der Waals surface area contributed by atoms with E-state index in [1.165, 1.54) is 58.2 Å². The van der Waals surface area contributed by atoms with Gasteiger partial charge in [-0.15, -0.1) is 0 Å². The van der Waals surface area contributed by atoms with Crippen LogP contribution in [0.4, 0.5) is 0 Å². The van der Waals surface area contributed by atoms with Crippen LogP contribution in [0, 0.1) is 0 Å². The Morgan fingerprint density at radius 2 is 2.07 bits per heavy atom. The minimum absolute atomic E-state index is 0.442. The van der Waals surface area contributed by atoms with Gasteiger partial charge in [0, 0.05) is 12.1 Å². The number of nitrogens with one attached hydrogen (secondary N) is 1. The Labute approximate surface area is 95.4 Å². The van der Waals surface area contributed by atoms with Crippen LogP contribution < -0.4 is 5.32 Å². The van der Waals surface area contributed by atoms with E-state index in [9.17, 15) is 0 Å². The molecule has 0 aromatic rings. The van der Waals surface area contributed by atoms with E-state index < -0.39 is 0 Å². The summed E-state index contributed by atoms with van der Waals surface area (Å²) in [6.45, 7) is 8.28. The summed E-state index contributed by atoms with van der Waals surface area (Å²) in [5.74, 6) is 0. The number of likely N-dealkylation sites (N-methyl/N-ethyl adjacent to an activating group) is 1. The molecule has 0 aliphatic carbocycles. The molecule has 0 radical (unpaired) electrons. The van der Waals surface area contributed by atoms with Gasteiger partial charge in [0.05, 0.1) is 0 Å². The highest BCUT2D eigenvalue weighted by atomic mass is 15.2. The van der Waals surface area contributed by atoms with Gasteiger partial charge in [-0.25, -0.2) is 0 Å². The highest BCUT2D eigenvalue weighted by Crippen LogP contribution is 2.25. The number of nitrogens with zero attached hydrogens (tertiary/aromatic N) is 1. The van der Waals surface area contributed by atoms with Crippen LogP contribution in [-0.4, -0.2) is 37.1 Å². The molecule has 1 fully saturated rings. The van der Waals surface area contributed by atoms with E-state index in [-0.39, 0.29) is 0 Å². The topological polar surface area (TPSA) is 15.3 Å². The van der Waals surface area contributed by atoms with Gasteiger partial charge in [-0.05, 0) is 45.8 Å². The summed E-state index contributed by atoms with van der Waals surface area (Å²) in [6.07, 6.45) is 8.01. The van der Waals surface area contributed by atoms with Crippen LogP contribution in [0.3, 0.4) is 0 Å². The molecule has 2 heteroatoms. The SMILES string of the molecule is CCCCN(C)CC1(CCC)CCCN1. The summed E-state index contributed by atoms with van der Waals surface area (Å²) >= 11 is 0. The van der Waals surface area contributed by atoms with Crippen molar-refractivity contribution in [1.82, 2.24) is 10.2 Å². The van der Waals surface area contributed by atoms with Gasteiger partial charge < -0.3 is 10.2 Å². The van der Waals surface area contributed by atoms with E-state index in [4.69, 9.17) is 0 Å². The Kier molecular flexibility index (Phi) is 5.62. The standard InChI is InChI=1S/C13H28N2/c1-4-6-11-15(3)12-13(8-5-2)9-7-10-14-13/h14H,4-12H2,1-3H3. The molecule has 1 aliphatic rings. The number of hydrogen-bond donors (Lipinski definition) is 1. The summed E-state index contributed by atoms with van der Waals surface area (Å²) in [6, 6.07) is 0. The smallest absolute Gasteiger partial charge is 0.0309 e. The fraction of sp³-hybridized carbons (Fsp3) is 1.00. The summed E-state index contributed by atoms with van der Waals surface area (Å²) in [7, 11) is 2.27. The molecule has 1 N–H and O–H groups in total. The Morgan fingerprint density at radius 1 is 1.27 bits per heavy atom. The lowest BCUT2D eigenvalue weighted by Crippen LogP contribution is -2.49. The first-order chi connectivity index (χ1) is 7.22. The first-order valence-corrected chi connectivity index (χ1v) is 6.66. The number of unbranched alkanes of at least 4 members (excludes halogenated alkanes) is 1. The highest BCUT2D eigenvalue weighted by molar-refractivity contribution is 4.94. The first-order valence-electron chi connectivity index (χ1n) is 6.66. The van der Waals surface area contributed by atoms with Crippen molar-refractivity contribution in [3.8, 4) is 0 Å². The Balaban J connectivity index is 2.36. The summed E-state index contributed by atoms with van der Waals surface area (Å²) in [4.78, 5) is 2.51. The Morgan fingerprint density at radius 3 is 2.60 bits per heavy atom. The second-order valence-electron chi connectivity index (χ2n) is 5.15. The van der Waals surface area contributed by atoms with E-state index >= 15 is 0 Å². The van der Waals surface area contributed by atoms with Crippen molar-refractivity contribution >= 4 is 0 Å². The lowest BCUT2D eigenvalue weighted by Gasteiger charge is -2.34. The molecule has 0 aromatic carbocycles. The van der Waals surface area contributed by atoms with Crippen molar-refractivity contribution in [3.63, 3.8) is 0 Å². The zero-order valence-corrected chi connectivity index (χ0v) is 10.8. The van der Waals surface area contributed by atoms with Crippen molar-refractivity contribution in [2.24, 2.45) is 0 Å². The van der Waals surface area contributed by atoms with Crippen molar-refractivity contribution in [3.05, 3.63) is 0 Å². The molecule has 1 aliphatic heterocycles. The molecule has 0 aromatic heterocycles. The molecule has 0 spiro atoms. The average Bonchev–Trinajstić information content (AvgIpc) is 2.64. The van der Waals surface area contributed by atoms with E-state index in [1.807, 2.05) is 0 Å². The fourth-order valence-corrected chi connectivity index (χ4v) is 2.80. The molecule has 1 saturated heterocycles. The molecule has 1 atom stereocenters. The van der Waals surface area contributed by atoms with Gasteiger partial charge in [-0.1, -0.05) is 26.7 Å². The van der Waals surface area contributed by atoms with E-state index in [2.05, 4.69) is 31.1 Å². The third kappa shape index (κ3) is 4.12. The van der Waals surface area contributed by atoms with Crippen LogP contribution in [0.25, 0.3) is 0 Å². The monoisotopic (exact) mass is 212 g/mol. The van der Waals surface area contributed by atoms with E-state index in [0.29, 0.717) is 5.54 Å². The largest absolute Gasteiger partial charge is 0.310 e. The summed E-state index contributed by atoms with van der Waals surface area (Å²) < 4.78 is 0. The predicted octanol–water partition coefficient (Wildman–Crippen LogP) is 2.64. The van der Waals surface area contributed by atoms with Crippen LogP contribution in [0.5, 0.6) is 0 Å². The highest BCUT2D eigenvalue weighted by Gasteiger charge is 2.33. The minimum atomic E-state index is 0.442. The maximum atomic E-state index is 3.74. The van der Waals surface area contributed by atoms with Crippen LogP contribution in [-0.2, 0) is 0 Å². The molecular formula is C13H28N2. The third-order valence-corrected chi connectivity index (χ3v) is 3.53. The summed E-state index contributed by atoms with van der Waals surface area (Å²) in [5.41, 5.74) is 0.442. The van der Waals surface area contributed by atoms with E-state index in [0.717, 1.165) is 0 Å². The van der Waals surface area contributed by atoms with Gasteiger partial charge >= 0.3 is 0 Å². The first kappa shape index (κ1) is 13.0. The van der Waals surface area contributed by atoms with Crippen molar-refractivity contribution in [2.45, 2.75) is 57.9 Å². The maximum Gasteiger partial charge on any atom is 0.0309 e. The zero-order valence-electron chi connectivity index (χ0n) is 10.8. The van der Waals surface area contributed by atoms with Crippen LogP contribution in [0.2, 0.25) is 0 Å². The van der Waals surface area contributed by atoms with Crippen LogP contribution in [0.1, 0.15) is 52.4 Å². The van der Waals surface area contributed by atoms with Gasteiger partial charge in [-0.2, -0.15) is 0 Å². The van der Waals surface area contributed by atoms with Gasteiger partial charge in [0.2, 0.25) is 0 Å². The predicted molar refractivity (Wildman–Crippen MR) is 67.3 cm³/mol. The van der Waals surface area contributed by atoms with Gasteiger partial charge in [0.1, 0.15) is 0 Å². The maximum absolute atomic E-state index is 3.74. The molecule has 1 rings (SSSR count). The molecule has 1 heterocycles. The molecule has 1 unspecified atom stereocenters. The molecule has 2 nitrogen and oxygen atoms in total. The lowest BCUT2D eigenvalue weighted by molar-refractivity contribution is 0.211. The second kappa shape index (κ2) is 6.49. The number of rotatable bonds is 7. The summed E-state index contributed by atoms with van der Waals surface area (Å²) in [5, 5.41) is 3.74. The van der Waals surface area contributed by atoms with Gasteiger partial charge in [-0.3, -0.25) is 0 Å². The van der Waals surface area contributed by atoms with Crippen LogP contribution >= 0.6 is 0 Å². The second-order valence-corrected chi connectivity index (χ2v) is 5.15. The number of hydrogen-bond acceptors (Lipinski definition) is 2. The van der Waals surface area contributed by atoms with Crippen LogP contribution in [0.15, 0.2) is 0 Å². The molecule has 0 bridgehead atoms. The minimum Gasteiger partial charge on any atom is -0.310 e. The molecule has 90 valence electrons. The zero-order chi connectivity index (χ0) is 11.1.